The van der Waals surface area contributed by atoms with Crippen LogP contribution in [-0.4, -0.2) is 37.1 Å². The van der Waals surface area contributed by atoms with Crippen molar-refractivity contribution in [3.8, 4) is 0 Å². The minimum atomic E-state index is -1.23. The Balaban J connectivity index is 1.94. The molecule has 4 nitrogen and oxygen atoms in total. The second-order valence-electron chi connectivity index (χ2n) is 5.60. The first-order valence-corrected chi connectivity index (χ1v) is 8.50. The van der Waals surface area contributed by atoms with Crippen molar-refractivity contribution < 1.29 is 22.7 Å². The first-order valence-electron chi connectivity index (χ1n) is 7.43. The van der Waals surface area contributed by atoms with Gasteiger partial charge in [-0.25, -0.2) is 13.2 Å². The summed E-state index contributed by atoms with van der Waals surface area (Å²) in [6.45, 7) is 0.733. The smallest absolute Gasteiger partial charge is 0.256 e. The predicted octanol–water partition coefficient (Wildman–Crippen LogP) is 3.92. The third-order valence-corrected chi connectivity index (χ3v) is 4.66. The summed E-state index contributed by atoms with van der Waals surface area (Å²) in [4.78, 5) is 14.0. The van der Waals surface area contributed by atoms with Crippen LogP contribution < -0.4 is 5.32 Å². The van der Waals surface area contributed by atoms with Crippen molar-refractivity contribution in [3.63, 3.8) is 0 Å². The Bertz CT molecular complexity index is 826. The van der Waals surface area contributed by atoms with E-state index in [1.165, 1.54) is 30.2 Å². The molecule has 0 aromatic heterocycles. The summed E-state index contributed by atoms with van der Waals surface area (Å²) in [5.74, 6) is -3.45. The SMILES string of the molecule is COC1CN(C(=O)c2ccc(F)c(F)c2Nc2ccc(I)cc2F)C1. The lowest BCUT2D eigenvalue weighted by Gasteiger charge is -2.38. The van der Waals surface area contributed by atoms with Crippen molar-refractivity contribution in [2.45, 2.75) is 6.10 Å². The average molecular weight is 462 g/mol. The standard InChI is InChI=1S/C17H14F3IN2O2/c1-25-10-7-23(8-10)17(24)11-3-4-12(18)15(20)16(11)22-14-5-2-9(21)6-13(14)19/h2-6,10,22H,7-8H2,1H3. The molecule has 0 atom stereocenters. The Morgan fingerprint density at radius 2 is 1.92 bits per heavy atom. The van der Waals surface area contributed by atoms with Gasteiger partial charge >= 0.3 is 0 Å². The second kappa shape index (κ2) is 7.20. The van der Waals surface area contributed by atoms with Crippen LogP contribution in [0.3, 0.4) is 0 Å². The minimum absolute atomic E-state index is 0.0441. The third-order valence-electron chi connectivity index (χ3n) is 3.98. The highest BCUT2D eigenvalue weighted by Crippen LogP contribution is 2.30. The Kier molecular flexibility index (Phi) is 5.19. The van der Waals surface area contributed by atoms with Crippen LogP contribution in [0.1, 0.15) is 10.4 Å². The molecule has 0 spiro atoms. The fraction of sp³-hybridized carbons (Fsp3) is 0.235. The second-order valence-corrected chi connectivity index (χ2v) is 6.85. The lowest BCUT2D eigenvalue weighted by molar-refractivity contribution is -0.0191. The van der Waals surface area contributed by atoms with Crippen LogP contribution in [0.4, 0.5) is 24.5 Å². The third kappa shape index (κ3) is 3.59. The molecule has 1 saturated heterocycles. The Labute approximate surface area is 156 Å². The highest BCUT2D eigenvalue weighted by Gasteiger charge is 2.33. The predicted molar refractivity (Wildman–Crippen MR) is 95.5 cm³/mol. The summed E-state index contributed by atoms with van der Waals surface area (Å²) in [6.07, 6.45) is -0.0701. The molecule has 1 fully saturated rings. The van der Waals surface area contributed by atoms with E-state index in [9.17, 15) is 18.0 Å². The van der Waals surface area contributed by atoms with Crippen LogP contribution in [0.2, 0.25) is 0 Å². The van der Waals surface area contributed by atoms with Crippen molar-refractivity contribution >= 4 is 39.9 Å². The lowest BCUT2D eigenvalue weighted by Crippen LogP contribution is -2.54. The molecule has 3 rings (SSSR count). The molecule has 1 aliphatic heterocycles. The monoisotopic (exact) mass is 462 g/mol. The van der Waals surface area contributed by atoms with E-state index in [4.69, 9.17) is 4.74 Å². The maximum absolute atomic E-state index is 14.3. The first-order chi connectivity index (χ1) is 11.9. The van der Waals surface area contributed by atoms with Gasteiger partial charge in [0.25, 0.3) is 5.91 Å². The molecular formula is C17H14F3IN2O2. The van der Waals surface area contributed by atoms with E-state index in [0.29, 0.717) is 16.7 Å². The average Bonchev–Trinajstić information content (AvgIpc) is 2.53. The topological polar surface area (TPSA) is 41.6 Å². The zero-order chi connectivity index (χ0) is 18.1. The Morgan fingerprint density at radius 3 is 2.56 bits per heavy atom. The van der Waals surface area contributed by atoms with Crippen molar-refractivity contribution in [1.82, 2.24) is 4.90 Å². The van der Waals surface area contributed by atoms with E-state index < -0.39 is 23.4 Å². The maximum atomic E-state index is 14.3. The number of carbonyl (C=O) groups is 1. The molecule has 2 aromatic rings. The van der Waals surface area contributed by atoms with Crippen molar-refractivity contribution in [1.29, 1.82) is 0 Å². The Morgan fingerprint density at radius 1 is 1.20 bits per heavy atom. The quantitative estimate of drug-likeness (QED) is 0.701. The number of rotatable bonds is 4. The van der Waals surface area contributed by atoms with E-state index in [0.717, 1.165) is 6.07 Å². The summed E-state index contributed by atoms with van der Waals surface area (Å²) in [5, 5.41) is 2.51. The normalized spacial score (nSPS) is 14.4. The van der Waals surface area contributed by atoms with Gasteiger partial charge in [-0.1, -0.05) is 0 Å². The molecule has 25 heavy (non-hydrogen) atoms. The van der Waals surface area contributed by atoms with Crippen LogP contribution >= 0.6 is 22.6 Å². The molecule has 8 heteroatoms. The molecule has 132 valence electrons. The summed E-state index contributed by atoms with van der Waals surface area (Å²) in [7, 11) is 1.54. The number of ether oxygens (including phenoxy) is 1. The number of methoxy groups -OCH3 is 1. The van der Waals surface area contributed by atoms with Gasteiger partial charge in [0.2, 0.25) is 0 Å². The maximum Gasteiger partial charge on any atom is 0.256 e. The number of hydrogen-bond donors (Lipinski definition) is 1. The van der Waals surface area contributed by atoms with Gasteiger partial charge in [0.1, 0.15) is 5.82 Å². The number of benzene rings is 2. The molecule has 1 amide bonds. The molecule has 1 N–H and O–H groups in total. The first kappa shape index (κ1) is 18.0. The van der Waals surface area contributed by atoms with Crippen LogP contribution in [0.25, 0.3) is 0 Å². The van der Waals surface area contributed by atoms with E-state index in [2.05, 4.69) is 5.32 Å². The van der Waals surface area contributed by atoms with Gasteiger partial charge < -0.3 is 15.0 Å². The van der Waals surface area contributed by atoms with Gasteiger partial charge in [-0.2, -0.15) is 0 Å². The van der Waals surface area contributed by atoms with Crippen molar-refractivity contribution in [2.75, 3.05) is 25.5 Å². The van der Waals surface area contributed by atoms with Gasteiger partial charge in [0, 0.05) is 23.8 Å². The number of nitrogens with zero attached hydrogens (tertiary/aromatic N) is 1. The number of likely N-dealkylation sites (tertiary alicyclic amines) is 1. The Hall–Kier alpha value is -1.81. The fourth-order valence-corrected chi connectivity index (χ4v) is 2.95. The molecule has 1 aliphatic rings. The van der Waals surface area contributed by atoms with Crippen LogP contribution in [0.15, 0.2) is 30.3 Å². The molecule has 0 aliphatic carbocycles. The number of anilines is 2. The number of amides is 1. The molecule has 1 heterocycles. The number of carbonyl (C=O) groups excluding carboxylic acids is 1. The summed E-state index contributed by atoms with van der Waals surface area (Å²) < 4.78 is 47.7. The molecule has 0 radical (unpaired) electrons. The van der Waals surface area contributed by atoms with Gasteiger partial charge in [-0.05, 0) is 52.9 Å². The molecule has 0 unspecified atom stereocenters. The van der Waals surface area contributed by atoms with Crippen LogP contribution in [-0.2, 0) is 4.74 Å². The molecule has 0 saturated carbocycles. The molecule has 2 aromatic carbocycles. The molecule has 0 bridgehead atoms. The van der Waals surface area contributed by atoms with Crippen LogP contribution in [0, 0.1) is 21.0 Å². The largest absolute Gasteiger partial charge is 0.378 e. The number of hydrogen-bond acceptors (Lipinski definition) is 3. The molecular weight excluding hydrogens is 448 g/mol. The van der Waals surface area contributed by atoms with Gasteiger partial charge in [-0.15, -0.1) is 0 Å². The number of halogens is 4. The lowest BCUT2D eigenvalue weighted by atomic mass is 10.1. The van der Waals surface area contributed by atoms with Gasteiger partial charge in [0.15, 0.2) is 11.6 Å². The summed E-state index contributed by atoms with van der Waals surface area (Å²) in [6, 6.07) is 6.34. The van der Waals surface area contributed by atoms with Crippen molar-refractivity contribution in [3.05, 3.63) is 56.9 Å². The fourth-order valence-electron chi connectivity index (χ4n) is 2.50. The van der Waals surface area contributed by atoms with E-state index in [-0.39, 0.29) is 23.0 Å². The minimum Gasteiger partial charge on any atom is -0.378 e. The van der Waals surface area contributed by atoms with Crippen LogP contribution in [0.5, 0.6) is 0 Å². The zero-order valence-corrected chi connectivity index (χ0v) is 15.3. The summed E-state index contributed by atoms with van der Waals surface area (Å²) in [5.41, 5.74) is -0.491. The van der Waals surface area contributed by atoms with E-state index >= 15 is 0 Å². The highest BCUT2D eigenvalue weighted by atomic mass is 127. The number of nitrogens with one attached hydrogen (secondary N) is 1. The highest BCUT2D eigenvalue weighted by molar-refractivity contribution is 14.1. The van der Waals surface area contributed by atoms with Crippen molar-refractivity contribution in [2.24, 2.45) is 0 Å². The van der Waals surface area contributed by atoms with Gasteiger partial charge in [-0.3, -0.25) is 4.79 Å². The van der Waals surface area contributed by atoms with Gasteiger partial charge in [0.05, 0.1) is 23.0 Å². The van der Waals surface area contributed by atoms with E-state index in [1.54, 1.807) is 6.07 Å². The summed E-state index contributed by atoms with van der Waals surface area (Å²) >= 11 is 1.93. The van der Waals surface area contributed by atoms with E-state index in [1.807, 2.05) is 22.6 Å². The zero-order valence-electron chi connectivity index (χ0n) is 13.2.